The third-order valence-electron chi connectivity index (χ3n) is 4.02. The van der Waals surface area contributed by atoms with E-state index in [-0.39, 0.29) is 31.5 Å². The molecule has 0 aromatic heterocycles. The van der Waals surface area contributed by atoms with Gasteiger partial charge in [-0.1, -0.05) is 13.8 Å². The van der Waals surface area contributed by atoms with Gasteiger partial charge in [0.25, 0.3) is 0 Å². The number of hydrogen-bond acceptors (Lipinski definition) is 7. The first kappa shape index (κ1) is 20.4. The Balaban J connectivity index is 2.69. The molecular formula is C16H26O8. The Morgan fingerprint density at radius 3 is 2.29 bits per heavy atom. The fraction of sp³-hybridized carbons (Fsp3) is 0.812. The molecule has 0 aromatic rings. The second-order valence-corrected chi connectivity index (χ2v) is 6.01. The zero-order chi connectivity index (χ0) is 18.3. The van der Waals surface area contributed by atoms with Crippen LogP contribution in [-0.4, -0.2) is 54.7 Å². The lowest BCUT2D eigenvalue weighted by atomic mass is 9.84. The van der Waals surface area contributed by atoms with Crippen molar-refractivity contribution in [3.8, 4) is 0 Å². The molecule has 0 spiro atoms. The molecule has 138 valence electrons. The van der Waals surface area contributed by atoms with Crippen LogP contribution >= 0.6 is 0 Å². The summed E-state index contributed by atoms with van der Waals surface area (Å²) in [5, 5.41) is 8.64. The maximum atomic E-state index is 11.3. The molecule has 0 saturated carbocycles. The van der Waals surface area contributed by atoms with E-state index >= 15 is 0 Å². The van der Waals surface area contributed by atoms with Gasteiger partial charge in [-0.25, -0.2) is 0 Å². The van der Waals surface area contributed by atoms with E-state index < -0.39 is 36.4 Å². The van der Waals surface area contributed by atoms with Crippen molar-refractivity contribution in [1.82, 2.24) is 0 Å². The summed E-state index contributed by atoms with van der Waals surface area (Å²) in [6.07, 6.45) is -1.37. The lowest BCUT2D eigenvalue weighted by Gasteiger charge is -2.43. The van der Waals surface area contributed by atoms with Gasteiger partial charge in [-0.05, 0) is 6.42 Å². The highest BCUT2D eigenvalue weighted by molar-refractivity contribution is 5.67. The summed E-state index contributed by atoms with van der Waals surface area (Å²) in [6.45, 7) is 6.62. The molecule has 1 fully saturated rings. The summed E-state index contributed by atoms with van der Waals surface area (Å²) in [4.78, 5) is 32.9. The number of esters is 2. The number of aliphatic carboxylic acids is 1. The normalized spacial score (nSPS) is 29.8. The highest BCUT2D eigenvalue weighted by Crippen LogP contribution is 2.33. The molecule has 0 amide bonds. The Labute approximate surface area is 141 Å². The van der Waals surface area contributed by atoms with Gasteiger partial charge in [0.1, 0.15) is 18.8 Å². The van der Waals surface area contributed by atoms with E-state index in [1.165, 1.54) is 13.8 Å². The van der Waals surface area contributed by atoms with Gasteiger partial charge in [-0.3, -0.25) is 14.4 Å². The van der Waals surface area contributed by atoms with Crippen molar-refractivity contribution in [2.45, 2.75) is 59.0 Å². The van der Waals surface area contributed by atoms with E-state index in [2.05, 4.69) is 0 Å². The number of carbonyl (C=O) groups excluding carboxylic acids is 2. The minimum Gasteiger partial charge on any atom is -0.481 e. The van der Waals surface area contributed by atoms with Gasteiger partial charge < -0.3 is 24.1 Å². The quantitative estimate of drug-likeness (QED) is 0.518. The number of rotatable bonds is 8. The zero-order valence-electron chi connectivity index (χ0n) is 14.5. The first-order valence-corrected chi connectivity index (χ1v) is 8.01. The van der Waals surface area contributed by atoms with Crippen LogP contribution in [0.25, 0.3) is 0 Å². The highest BCUT2D eigenvalue weighted by atomic mass is 16.7. The maximum absolute atomic E-state index is 11.3. The summed E-state index contributed by atoms with van der Waals surface area (Å²) >= 11 is 0. The van der Waals surface area contributed by atoms with Crippen LogP contribution in [0.15, 0.2) is 0 Å². The summed E-state index contributed by atoms with van der Waals surface area (Å²) in [7, 11) is 0. The molecule has 1 aliphatic heterocycles. The first-order chi connectivity index (χ1) is 11.2. The maximum Gasteiger partial charge on any atom is 0.303 e. The number of ether oxygens (including phenoxy) is 4. The van der Waals surface area contributed by atoms with Crippen molar-refractivity contribution in [3.05, 3.63) is 0 Å². The van der Waals surface area contributed by atoms with Gasteiger partial charge in [-0.15, -0.1) is 0 Å². The summed E-state index contributed by atoms with van der Waals surface area (Å²) in [5.74, 6) is -1.92. The Morgan fingerprint density at radius 2 is 1.75 bits per heavy atom. The van der Waals surface area contributed by atoms with Crippen LogP contribution in [0.2, 0.25) is 0 Å². The van der Waals surface area contributed by atoms with E-state index in [4.69, 9.17) is 24.1 Å². The third-order valence-corrected chi connectivity index (χ3v) is 4.02. The Morgan fingerprint density at radius 1 is 1.08 bits per heavy atom. The molecule has 1 aliphatic rings. The minimum absolute atomic E-state index is 0.0175. The molecular weight excluding hydrogens is 320 g/mol. The predicted molar refractivity (Wildman–Crippen MR) is 82.0 cm³/mol. The lowest BCUT2D eigenvalue weighted by molar-refractivity contribution is -0.273. The second kappa shape index (κ2) is 9.58. The van der Waals surface area contributed by atoms with E-state index in [9.17, 15) is 14.4 Å². The van der Waals surface area contributed by atoms with Crippen LogP contribution in [-0.2, 0) is 33.3 Å². The molecule has 1 saturated heterocycles. The van der Waals surface area contributed by atoms with Crippen molar-refractivity contribution in [2.24, 2.45) is 11.8 Å². The SMILES string of the molecule is CC(=O)OCC1OC(OCCCC(=O)O)C(C)C(C)C1OC(C)=O. The van der Waals surface area contributed by atoms with Gasteiger partial charge in [-0.2, -0.15) is 0 Å². The molecule has 0 aliphatic carbocycles. The van der Waals surface area contributed by atoms with Crippen LogP contribution < -0.4 is 0 Å². The van der Waals surface area contributed by atoms with Crippen LogP contribution in [0, 0.1) is 11.8 Å². The Hall–Kier alpha value is -1.67. The average molecular weight is 346 g/mol. The second-order valence-electron chi connectivity index (χ2n) is 6.01. The molecule has 5 atom stereocenters. The molecule has 1 N–H and O–H groups in total. The predicted octanol–water partition coefficient (Wildman–Crippen LogP) is 1.36. The molecule has 8 heteroatoms. The molecule has 0 radical (unpaired) electrons. The van der Waals surface area contributed by atoms with E-state index in [0.29, 0.717) is 6.42 Å². The molecule has 8 nitrogen and oxygen atoms in total. The van der Waals surface area contributed by atoms with Crippen LogP contribution in [0.4, 0.5) is 0 Å². The van der Waals surface area contributed by atoms with E-state index in [1.54, 1.807) is 0 Å². The zero-order valence-corrected chi connectivity index (χ0v) is 14.5. The van der Waals surface area contributed by atoms with Crippen molar-refractivity contribution >= 4 is 17.9 Å². The first-order valence-electron chi connectivity index (χ1n) is 8.01. The number of hydrogen-bond donors (Lipinski definition) is 1. The molecule has 24 heavy (non-hydrogen) atoms. The van der Waals surface area contributed by atoms with Gasteiger partial charge in [0, 0.05) is 32.1 Å². The topological polar surface area (TPSA) is 108 Å². The smallest absolute Gasteiger partial charge is 0.303 e. The van der Waals surface area contributed by atoms with Gasteiger partial charge in [0.2, 0.25) is 0 Å². The average Bonchev–Trinajstić information content (AvgIpc) is 2.48. The molecule has 0 aromatic carbocycles. The van der Waals surface area contributed by atoms with E-state index in [1.807, 2.05) is 13.8 Å². The fourth-order valence-corrected chi connectivity index (χ4v) is 2.58. The van der Waals surface area contributed by atoms with Crippen LogP contribution in [0.5, 0.6) is 0 Å². The Bertz CT molecular complexity index is 449. The van der Waals surface area contributed by atoms with Crippen LogP contribution in [0.1, 0.15) is 40.5 Å². The van der Waals surface area contributed by atoms with Crippen molar-refractivity contribution in [2.75, 3.05) is 13.2 Å². The standard InChI is InChI=1S/C16H26O8/c1-9-10(2)16(21-7-5-6-14(19)20)24-13(8-22-11(3)17)15(9)23-12(4)18/h9-10,13,15-16H,5-8H2,1-4H3,(H,19,20). The minimum atomic E-state index is -0.882. The largest absolute Gasteiger partial charge is 0.481 e. The molecule has 5 unspecified atom stereocenters. The molecule has 1 heterocycles. The van der Waals surface area contributed by atoms with E-state index in [0.717, 1.165) is 0 Å². The van der Waals surface area contributed by atoms with Crippen molar-refractivity contribution in [3.63, 3.8) is 0 Å². The molecule has 1 rings (SSSR count). The molecule has 0 bridgehead atoms. The van der Waals surface area contributed by atoms with Gasteiger partial charge in [0.15, 0.2) is 6.29 Å². The summed E-state index contributed by atoms with van der Waals surface area (Å²) in [5.41, 5.74) is 0. The Kier molecular flexibility index (Phi) is 8.14. The van der Waals surface area contributed by atoms with Crippen molar-refractivity contribution in [1.29, 1.82) is 0 Å². The number of carboxylic acid groups (broad SMARTS) is 1. The van der Waals surface area contributed by atoms with Crippen LogP contribution in [0.3, 0.4) is 0 Å². The van der Waals surface area contributed by atoms with Gasteiger partial charge in [0.05, 0.1) is 6.61 Å². The summed E-state index contributed by atoms with van der Waals surface area (Å²) in [6, 6.07) is 0. The number of carbonyl (C=O) groups is 3. The monoisotopic (exact) mass is 346 g/mol. The van der Waals surface area contributed by atoms with Crippen molar-refractivity contribution < 1.29 is 38.4 Å². The van der Waals surface area contributed by atoms with Gasteiger partial charge >= 0.3 is 17.9 Å². The highest BCUT2D eigenvalue weighted by Gasteiger charge is 2.44. The fourth-order valence-electron chi connectivity index (χ4n) is 2.58. The third kappa shape index (κ3) is 6.45. The number of carboxylic acids is 1. The lowest BCUT2D eigenvalue weighted by Crippen LogP contribution is -2.53. The summed E-state index contributed by atoms with van der Waals surface area (Å²) < 4.78 is 21.8.